The van der Waals surface area contributed by atoms with Gasteiger partial charge in [0.15, 0.2) is 5.69 Å². The third-order valence-corrected chi connectivity index (χ3v) is 5.00. The van der Waals surface area contributed by atoms with E-state index in [1.807, 2.05) is 85.1 Å². The molecule has 0 spiro atoms. The normalized spacial score (nSPS) is 11.3. The van der Waals surface area contributed by atoms with E-state index in [-0.39, 0.29) is 11.0 Å². The van der Waals surface area contributed by atoms with Crippen LogP contribution in [-0.4, -0.2) is 14.8 Å². The number of aromatic hydroxyl groups is 1. The van der Waals surface area contributed by atoms with Crippen LogP contribution >= 0.6 is 12.2 Å². The maximum Gasteiger partial charge on any atom is 0.221 e. The maximum atomic E-state index is 10.9. The number of fused-ring (bicyclic) bond motifs is 1. The topological polar surface area (TPSA) is 61.9 Å². The molecule has 3 aromatic carbocycles. The van der Waals surface area contributed by atoms with Crippen molar-refractivity contribution in [2.75, 3.05) is 5.32 Å². The van der Waals surface area contributed by atoms with Gasteiger partial charge in [-0.1, -0.05) is 54.6 Å². The fourth-order valence-corrected chi connectivity index (χ4v) is 3.75. The van der Waals surface area contributed by atoms with Gasteiger partial charge in [-0.25, -0.2) is 0 Å². The first-order valence-electron chi connectivity index (χ1n) is 9.66. The van der Waals surface area contributed by atoms with Gasteiger partial charge in [0.1, 0.15) is 0 Å². The van der Waals surface area contributed by atoms with Crippen LogP contribution < -0.4 is 5.32 Å². The van der Waals surface area contributed by atoms with E-state index in [2.05, 4.69) is 21.6 Å². The molecule has 150 valence electrons. The van der Waals surface area contributed by atoms with Crippen LogP contribution in [0.2, 0.25) is 0 Å². The second kappa shape index (κ2) is 8.47. The summed E-state index contributed by atoms with van der Waals surface area (Å²) in [5, 5.41) is 23.5. The molecule has 1 aromatic heterocycles. The van der Waals surface area contributed by atoms with Crippen LogP contribution in [0, 0.1) is 13.8 Å². The Morgan fingerprint density at radius 2 is 1.63 bits per heavy atom. The minimum atomic E-state index is 0.0676. The molecule has 5 nitrogen and oxygen atoms in total. The molecule has 2 N–H and O–H groups in total. The van der Waals surface area contributed by atoms with Crippen LogP contribution in [0.15, 0.2) is 83.0 Å². The second-order valence-corrected chi connectivity index (χ2v) is 7.65. The Morgan fingerprint density at radius 3 is 2.37 bits per heavy atom. The molecule has 0 unspecified atom stereocenters. The molecule has 0 fully saturated rings. The average molecular weight is 415 g/mol. The number of hydrogen-bond donors (Lipinski definition) is 2. The molecule has 6 heteroatoms. The van der Waals surface area contributed by atoms with E-state index in [9.17, 15) is 5.11 Å². The molecule has 0 saturated heterocycles. The lowest BCUT2D eigenvalue weighted by Crippen LogP contribution is -2.05. The van der Waals surface area contributed by atoms with Crippen molar-refractivity contribution in [3.63, 3.8) is 0 Å². The number of nitrogens with one attached hydrogen (secondary N) is 1. The zero-order valence-corrected chi connectivity index (χ0v) is 17.6. The van der Waals surface area contributed by atoms with E-state index in [4.69, 9.17) is 12.2 Å². The number of nitrogens with zero attached hydrogens (tertiary/aromatic N) is 3. The number of azo groups is 1. The largest absolute Gasteiger partial charge is 0.493 e. The molecule has 0 atom stereocenters. The van der Waals surface area contributed by atoms with E-state index in [0.29, 0.717) is 12.2 Å². The number of anilines is 1. The molecule has 4 rings (SSSR count). The Morgan fingerprint density at radius 1 is 0.967 bits per heavy atom. The van der Waals surface area contributed by atoms with Crippen molar-refractivity contribution < 1.29 is 5.11 Å². The fourth-order valence-electron chi connectivity index (χ4n) is 3.59. The third-order valence-electron chi connectivity index (χ3n) is 4.81. The number of para-hydroxylation sites is 1. The van der Waals surface area contributed by atoms with Gasteiger partial charge in [-0.05, 0) is 61.0 Å². The molecule has 30 heavy (non-hydrogen) atoms. The van der Waals surface area contributed by atoms with Crippen molar-refractivity contribution in [3.05, 3.63) is 89.5 Å². The average Bonchev–Trinajstić information content (AvgIpc) is 2.98. The lowest BCUT2D eigenvalue weighted by Gasteiger charge is -2.07. The number of rotatable bonds is 4. The number of aryl methyl sites for hydroxylation is 2. The molecular weight excluding hydrogens is 392 g/mol. The molecule has 0 aliphatic heterocycles. The summed E-state index contributed by atoms with van der Waals surface area (Å²) in [6.07, 6.45) is 0. The third kappa shape index (κ3) is 4.23. The monoisotopic (exact) mass is 414 g/mol. The quantitative estimate of drug-likeness (QED) is 0.296. The van der Waals surface area contributed by atoms with Crippen LogP contribution in [-0.2, 0) is 6.54 Å². The number of thiocarbonyl (C=S) groups is 1. The van der Waals surface area contributed by atoms with Crippen LogP contribution in [0.25, 0.3) is 10.9 Å². The van der Waals surface area contributed by atoms with Crippen LogP contribution in [0.5, 0.6) is 5.88 Å². The molecular formula is C24H22N4OS. The van der Waals surface area contributed by atoms with Gasteiger partial charge in [-0.3, -0.25) is 0 Å². The first-order chi connectivity index (χ1) is 14.5. The summed E-state index contributed by atoms with van der Waals surface area (Å²) in [5.41, 5.74) is 5.53. The summed E-state index contributed by atoms with van der Waals surface area (Å²) >= 11 is 5.34. The van der Waals surface area contributed by atoms with Crippen molar-refractivity contribution in [2.24, 2.45) is 10.2 Å². The predicted octanol–water partition coefficient (Wildman–Crippen LogP) is 6.49. The van der Waals surface area contributed by atoms with Gasteiger partial charge < -0.3 is 15.0 Å². The van der Waals surface area contributed by atoms with Gasteiger partial charge in [-0.15, -0.1) is 10.2 Å². The van der Waals surface area contributed by atoms with Gasteiger partial charge in [0, 0.05) is 11.1 Å². The molecule has 0 amide bonds. The minimum Gasteiger partial charge on any atom is -0.493 e. The molecule has 0 bridgehead atoms. The molecule has 0 radical (unpaired) electrons. The highest BCUT2D eigenvalue weighted by Gasteiger charge is 2.16. The van der Waals surface area contributed by atoms with Gasteiger partial charge in [0.25, 0.3) is 0 Å². The van der Waals surface area contributed by atoms with Crippen molar-refractivity contribution in [1.29, 1.82) is 0 Å². The van der Waals surface area contributed by atoms with Gasteiger partial charge in [0.2, 0.25) is 11.0 Å². The van der Waals surface area contributed by atoms with Gasteiger partial charge in [0.05, 0.1) is 12.1 Å². The Labute approximate surface area is 180 Å². The van der Waals surface area contributed by atoms with Crippen molar-refractivity contribution in [2.45, 2.75) is 20.4 Å². The summed E-state index contributed by atoms with van der Waals surface area (Å²) in [6.45, 7) is 4.60. The molecule has 4 aromatic rings. The lowest BCUT2D eigenvalue weighted by molar-refractivity contribution is 0.429. The number of aromatic nitrogens is 1. The first kappa shape index (κ1) is 19.8. The minimum absolute atomic E-state index is 0.0676. The van der Waals surface area contributed by atoms with Gasteiger partial charge >= 0.3 is 0 Å². The standard InChI is InChI=1S/C24H22N4OS/c1-16-12-17(2)14-19(13-16)25-24(30)27-26-22-20-10-6-7-11-21(20)28(23(22)29)15-18-8-4-3-5-9-18/h3-14,29H,15H2,1-2H3,(H,25,30). The van der Waals surface area contributed by atoms with Crippen LogP contribution in [0.3, 0.4) is 0 Å². The molecule has 0 saturated carbocycles. The number of hydrogen-bond acceptors (Lipinski definition) is 3. The van der Waals surface area contributed by atoms with Crippen molar-refractivity contribution in [3.8, 4) is 5.88 Å². The molecule has 1 heterocycles. The van der Waals surface area contributed by atoms with E-state index in [1.165, 1.54) is 0 Å². The Hall–Kier alpha value is -3.51. The van der Waals surface area contributed by atoms with E-state index in [1.54, 1.807) is 0 Å². The Bertz CT molecular complexity index is 1220. The van der Waals surface area contributed by atoms with E-state index in [0.717, 1.165) is 33.3 Å². The Balaban J connectivity index is 1.64. The summed E-state index contributed by atoms with van der Waals surface area (Å²) < 4.78 is 1.83. The SMILES string of the molecule is Cc1cc(C)cc(NC(=S)N=Nc2c(O)n(Cc3ccccc3)c3ccccc23)c1. The summed E-state index contributed by atoms with van der Waals surface area (Å²) in [4.78, 5) is 0. The lowest BCUT2D eigenvalue weighted by atomic mass is 10.1. The summed E-state index contributed by atoms with van der Waals surface area (Å²) in [5.74, 6) is 0.0676. The van der Waals surface area contributed by atoms with Crippen LogP contribution in [0.4, 0.5) is 11.4 Å². The fraction of sp³-hybridized carbons (Fsp3) is 0.125. The Kier molecular flexibility index (Phi) is 5.59. The van der Waals surface area contributed by atoms with Gasteiger partial charge in [-0.2, -0.15) is 0 Å². The van der Waals surface area contributed by atoms with E-state index < -0.39 is 0 Å². The molecule has 0 aliphatic carbocycles. The highest BCUT2D eigenvalue weighted by Crippen LogP contribution is 2.39. The smallest absolute Gasteiger partial charge is 0.221 e. The first-order valence-corrected chi connectivity index (χ1v) is 10.1. The van der Waals surface area contributed by atoms with Crippen molar-refractivity contribution >= 4 is 39.6 Å². The zero-order chi connectivity index (χ0) is 21.1. The maximum absolute atomic E-state index is 10.9. The summed E-state index contributed by atoms with van der Waals surface area (Å²) in [6, 6.07) is 23.8. The van der Waals surface area contributed by atoms with Crippen LogP contribution in [0.1, 0.15) is 16.7 Å². The predicted molar refractivity (Wildman–Crippen MR) is 126 cm³/mol. The molecule has 0 aliphatic rings. The second-order valence-electron chi connectivity index (χ2n) is 7.27. The highest BCUT2D eigenvalue weighted by molar-refractivity contribution is 7.80. The van der Waals surface area contributed by atoms with E-state index >= 15 is 0 Å². The zero-order valence-electron chi connectivity index (χ0n) is 16.8. The van der Waals surface area contributed by atoms with Crippen molar-refractivity contribution in [1.82, 2.24) is 4.57 Å². The summed E-state index contributed by atoms with van der Waals surface area (Å²) in [7, 11) is 0. The number of benzene rings is 3. The highest BCUT2D eigenvalue weighted by atomic mass is 32.1.